The van der Waals surface area contributed by atoms with E-state index in [9.17, 15) is 4.79 Å². The number of carbonyl (C=O) groups excluding carboxylic acids is 1. The smallest absolute Gasteiger partial charge is 0.232 e. The van der Waals surface area contributed by atoms with Gasteiger partial charge in [-0.25, -0.2) is 0 Å². The molecule has 0 N–H and O–H groups in total. The van der Waals surface area contributed by atoms with Crippen LogP contribution in [0.1, 0.15) is 35.3 Å². The number of carbonyl (C=O) groups is 1. The fraction of sp³-hybridized carbons (Fsp3) is 0.304. The first kappa shape index (κ1) is 20.0. The van der Waals surface area contributed by atoms with Gasteiger partial charge in [-0.15, -0.1) is 0 Å². The minimum Gasteiger partial charge on any atom is -0.341 e. The number of aryl methyl sites for hydroxylation is 2. The molecule has 4 aromatic rings. The van der Waals surface area contributed by atoms with Gasteiger partial charge in [0.2, 0.25) is 17.6 Å². The molecule has 0 unspecified atom stereocenters. The Hall–Kier alpha value is -3.88. The first-order valence-electron chi connectivity index (χ1n) is 10.6. The minimum absolute atomic E-state index is 0.0327. The van der Waals surface area contributed by atoms with E-state index in [1.807, 2.05) is 48.5 Å². The highest BCUT2D eigenvalue weighted by Gasteiger charge is 2.40. The van der Waals surface area contributed by atoms with Crippen LogP contribution in [0.25, 0.3) is 11.4 Å². The molecule has 9 nitrogen and oxygen atoms in total. The Morgan fingerprint density at radius 1 is 1.09 bits per heavy atom. The number of hydrogen-bond acceptors (Lipinski definition) is 7. The van der Waals surface area contributed by atoms with Crippen molar-refractivity contribution in [3.05, 3.63) is 78.5 Å². The van der Waals surface area contributed by atoms with Crippen LogP contribution < -0.4 is 0 Å². The number of likely N-dealkylation sites (tertiary alicyclic amines) is 1. The molecule has 0 aromatic carbocycles. The van der Waals surface area contributed by atoms with E-state index in [1.165, 1.54) is 0 Å². The molecule has 162 valence electrons. The van der Waals surface area contributed by atoms with Crippen molar-refractivity contribution >= 4 is 5.91 Å². The lowest BCUT2D eigenvalue weighted by molar-refractivity contribution is -0.130. The molecule has 0 saturated carbocycles. The van der Waals surface area contributed by atoms with Crippen molar-refractivity contribution in [1.82, 2.24) is 34.8 Å². The van der Waals surface area contributed by atoms with Crippen LogP contribution in [0.5, 0.6) is 0 Å². The summed E-state index contributed by atoms with van der Waals surface area (Å²) in [4.78, 5) is 27.8. The zero-order chi connectivity index (χ0) is 21.9. The minimum atomic E-state index is -0.0989. The van der Waals surface area contributed by atoms with Gasteiger partial charge in [0.1, 0.15) is 0 Å². The maximum atomic E-state index is 13.0. The van der Waals surface area contributed by atoms with Crippen LogP contribution in [0.15, 0.2) is 66.0 Å². The van der Waals surface area contributed by atoms with Crippen molar-refractivity contribution in [2.45, 2.75) is 31.7 Å². The molecule has 1 saturated heterocycles. The van der Waals surface area contributed by atoms with E-state index in [0.29, 0.717) is 37.8 Å². The fourth-order valence-corrected chi connectivity index (χ4v) is 4.15. The molecule has 5 heterocycles. The maximum Gasteiger partial charge on any atom is 0.232 e. The second-order valence-corrected chi connectivity index (χ2v) is 8.02. The van der Waals surface area contributed by atoms with E-state index in [-0.39, 0.29) is 17.7 Å². The van der Waals surface area contributed by atoms with Gasteiger partial charge in [-0.1, -0.05) is 11.2 Å². The predicted octanol–water partition coefficient (Wildman–Crippen LogP) is 2.83. The molecule has 9 heteroatoms. The average molecular weight is 429 g/mol. The highest BCUT2D eigenvalue weighted by molar-refractivity contribution is 5.76. The van der Waals surface area contributed by atoms with E-state index in [1.54, 1.807) is 29.5 Å². The predicted molar refractivity (Wildman–Crippen MR) is 115 cm³/mol. The monoisotopic (exact) mass is 429 g/mol. The summed E-state index contributed by atoms with van der Waals surface area (Å²) >= 11 is 0. The standard InChI is InChI=1S/C23H23N7O2/c1-16-11-26-30(13-16)10-6-21(31)29-14-19(18-3-2-7-25-12-18)20(15-29)23-27-22(28-32-23)17-4-8-24-9-5-17/h2-5,7-9,11-13,19-20H,6,10,14-15H2,1H3/t19-,20+/m0/s1. The molecular weight excluding hydrogens is 406 g/mol. The molecule has 1 aliphatic heterocycles. The maximum absolute atomic E-state index is 13.0. The number of aromatic nitrogens is 6. The highest BCUT2D eigenvalue weighted by Crippen LogP contribution is 2.39. The highest BCUT2D eigenvalue weighted by atomic mass is 16.5. The normalized spacial score (nSPS) is 18.2. The Balaban J connectivity index is 1.36. The third kappa shape index (κ3) is 4.14. The summed E-state index contributed by atoms with van der Waals surface area (Å²) in [5, 5.41) is 8.43. The zero-order valence-corrected chi connectivity index (χ0v) is 17.7. The number of nitrogens with zero attached hydrogens (tertiary/aromatic N) is 7. The molecule has 0 aliphatic carbocycles. The zero-order valence-electron chi connectivity index (χ0n) is 17.7. The molecule has 0 radical (unpaired) electrons. The van der Waals surface area contributed by atoms with Gasteiger partial charge in [0.05, 0.1) is 12.1 Å². The molecular formula is C23H23N7O2. The molecule has 32 heavy (non-hydrogen) atoms. The summed E-state index contributed by atoms with van der Waals surface area (Å²) in [6.07, 6.45) is 11.1. The van der Waals surface area contributed by atoms with Crippen LogP contribution in [0.3, 0.4) is 0 Å². The van der Waals surface area contributed by atoms with Crippen LogP contribution in [0.2, 0.25) is 0 Å². The molecule has 1 amide bonds. The third-order valence-corrected chi connectivity index (χ3v) is 5.80. The fourth-order valence-electron chi connectivity index (χ4n) is 4.15. The van der Waals surface area contributed by atoms with Gasteiger partial charge in [0, 0.05) is 68.5 Å². The van der Waals surface area contributed by atoms with Crippen LogP contribution >= 0.6 is 0 Å². The lowest BCUT2D eigenvalue weighted by Gasteiger charge is -2.16. The third-order valence-electron chi connectivity index (χ3n) is 5.80. The first-order chi connectivity index (χ1) is 15.7. The second kappa shape index (κ2) is 8.70. The summed E-state index contributed by atoms with van der Waals surface area (Å²) in [5.41, 5.74) is 2.98. The summed E-state index contributed by atoms with van der Waals surface area (Å²) in [5.74, 6) is 1.07. The van der Waals surface area contributed by atoms with Gasteiger partial charge < -0.3 is 9.42 Å². The summed E-state index contributed by atoms with van der Waals surface area (Å²) in [6.45, 7) is 3.65. The Morgan fingerprint density at radius 2 is 1.94 bits per heavy atom. The van der Waals surface area contributed by atoms with Gasteiger partial charge in [-0.3, -0.25) is 19.4 Å². The molecule has 2 atom stereocenters. The molecule has 0 bridgehead atoms. The number of rotatable bonds is 6. The SMILES string of the molecule is Cc1cnn(CCC(=O)N2C[C@@H](c3cccnc3)[C@H](c3nc(-c4ccncc4)no3)C2)c1. The van der Waals surface area contributed by atoms with E-state index in [2.05, 4.69) is 25.2 Å². The Labute approximate surface area is 185 Å². The van der Waals surface area contributed by atoms with Crippen molar-refractivity contribution < 1.29 is 9.32 Å². The number of hydrogen-bond donors (Lipinski definition) is 0. The van der Waals surface area contributed by atoms with Crippen LogP contribution in [0.4, 0.5) is 0 Å². The summed E-state index contributed by atoms with van der Waals surface area (Å²) < 4.78 is 7.46. The number of pyridine rings is 2. The van der Waals surface area contributed by atoms with E-state index in [4.69, 9.17) is 4.52 Å². The molecule has 1 aliphatic rings. The van der Waals surface area contributed by atoms with Gasteiger partial charge in [0.15, 0.2) is 0 Å². The van der Waals surface area contributed by atoms with E-state index in [0.717, 1.165) is 16.7 Å². The largest absolute Gasteiger partial charge is 0.341 e. The second-order valence-electron chi connectivity index (χ2n) is 8.02. The van der Waals surface area contributed by atoms with Gasteiger partial charge >= 0.3 is 0 Å². The van der Waals surface area contributed by atoms with E-state index < -0.39 is 0 Å². The van der Waals surface area contributed by atoms with Crippen LogP contribution in [-0.4, -0.2) is 53.8 Å². The van der Waals surface area contributed by atoms with Gasteiger partial charge in [-0.05, 0) is 36.2 Å². The van der Waals surface area contributed by atoms with Crippen molar-refractivity contribution in [3.8, 4) is 11.4 Å². The van der Waals surface area contributed by atoms with Gasteiger partial charge in [-0.2, -0.15) is 10.1 Å². The molecule has 5 rings (SSSR count). The Bertz CT molecular complexity index is 1190. The lowest BCUT2D eigenvalue weighted by Crippen LogP contribution is -2.29. The number of amides is 1. The molecule has 4 aromatic heterocycles. The van der Waals surface area contributed by atoms with Crippen molar-refractivity contribution in [2.24, 2.45) is 0 Å². The topological polar surface area (TPSA) is 103 Å². The van der Waals surface area contributed by atoms with Crippen LogP contribution in [-0.2, 0) is 11.3 Å². The summed E-state index contributed by atoms with van der Waals surface area (Å²) in [6, 6.07) is 7.63. The van der Waals surface area contributed by atoms with Gasteiger partial charge in [0.25, 0.3) is 0 Å². The molecule has 1 fully saturated rings. The van der Waals surface area contributed by atoms with E-state index >= 15 is 0 Å². The Kier molecular flexibility index (Phi) is 5.45. The van der Waals surface area contributed by atoms with Crippen molar-refractivity contribution in [2.75, 3.05) is 13.1 Å². The lowest BCUT2D eigenvalue weighted by atomic mass is 9.90. The summed E-state index contributed by atoms with van der Waals surface area (Å²) in [7, 11) is 0. The van der Waals surface area contributed by atoms with Crippen LogP contribution in [0, 0.1) is 6.92 Å². The van der Waals surface area contributed by atoms with Crippen molar-refractivity contribution in [3.63, 3.8) is 0 Å². The quantitative estimate of drug-likeness (QED) is 0.464. The first-order valence-corrected chi connectivity index (χ1v) is 10.6. The average Bonchev–Trinajstić information content (AvgIpc) is 3.58. The molecule has 0 spiro atoms. The van der Waals surface area contributed by atoms with Crippen molar-refractivity contribution in [1.29, 1.82) is 0 Å². The Morgan fingerprint density at radius 3 is 2.69 bits per heavy atom.